The second-order valence-electron chi connectivity index (χ2n) is 3.35. The highest BCUT2D eigenvalue weighted by atomic mass is 35.5. The smallest absolute Gasteiger partial charge is 0.0581 e. The van der Waals surface area contributed by atoms with Gasteiger partial charge in [0.05, 0.1) is 5.88 Å². The Kier molecular flexibility index (Phi) is 4.86. The van der Waals surface area contributed by atoms with Crippen molar-refractivity contribution in [2.45, 2.75) is 13.3 Å². The molecule has 0 bridgehead atoms. The third-order valence-corrected chi connectivity index (χ3v) is 3.04. The fourth-order valence-electron chi connectivity index (χ4n) is 1.45. The topological polar surface area (TPSA) is 12.0 Å². The van der Waals surface area contributed by atoms with E-state index in [0.717, 1.165) is 13.1 Å². The largest absolute Gasteiger partial charge is 0.316 e. The van der Waals surface area contributed by atoms with Crippen LogP contribution in [0.1, 0.15) is 13.3 Å². The molecule has 1 N–H and O–H groups in total. The van der Waals surface area contributed by atoms with Crippen molar-refractivity contribution in [1.29, 1.82) is 0 Å². The van der Waals surface area contributed by atoms with Crippen LogP contribution in [0.15, 0.2) is 22.8 Å². The van der Waals surface area contributed by atoms with Crippen molar-refractivity contribution in [2.24, 2.45) is 5.92 Å². The Labute approximate surface area is 89.8 Å². The summed E-state index contributed by atoms with van der Waals surface area (Å²) in [6, 6.07) is 0. The molecule has 3 heteroatoms. The van der Waals surface area contributed by atoms with Crippen LogP contribution in [-0.4, -0.2) is 19.0 Å². The van der Waals surface area contributed by atoms with E-state index in [9.17, 15) is 0 Å². The molecular formula is C10H15Cl2N. The van der Waals surface area contributed by atoms with E-state index in [-0.39, 0.29) is 0 Å². The van der Waals surface area contributed by atoms with Gasteiger partial charge in [0.2, 0.25) is 0 Å². The van der Waals surface area contributed by atoms with Gasteiger partial charge in [0, 0.05) is 11.6 Å². The van der Waals surface area contributed by atoms with Crippen LogP contribution in [0.25, 0.3) is 0 Å². The Hall–Kier alpha value is 0.0200. The average Bonchev–Trinajstić information content (AvgIpc) is 2.66. The molecule has 1 fully saturated rings. The van der Waals surface area contributed by atoms with E-state index >= 15 is 0 Å². The second-order valence-corrected chi connectivity index (χ2v) is 4.10. The quantitative estimate of drug-likeness (QED) is 0.569. The molecule has 0 aliphatic carbocycles. The van der Waals surface area contributed by atoms with E-state index in [1.165, 1.54) is 12.0 Å². The fourth-order valence-corrected chi connectivity index (χ4v) is 1.60. The highest BCUT2D eigenvalue weighted by Gasteiger charge is 2.14. The Bertz CT molecular complexity index is 215. The summed E-state index contributed by atoms with van der Waals surface area (Å²) in [6.07, 6.45) is 5.19. The zero-order chi connectivity index (χ0) is 9.68. The predicted molar refractivity (Wildman–Crippen MR) is 59.4 cm³/mol. The van der Waals surface area contributed by atoms with Crippen molar-refractivity contribution >= 4 is 23.2 Å². The average molecular weight is 220 g/mol. The van der Waals surface area contributed by atoms with Crippen LogP contribution in [0, 0.1) is 5.92 Å². The predicted octanol–water partition coefficient (Wildman–Crippen LogP) is 2.90. The lowest BCUT2D eigenvalue weighted by molar-refractivity contribution is 0.682. The molecule has 0 radical (unpaired) electrons. The summed E-state index contributed by atoms with van der Waals surface area (Å²) in [5.74, 6) is 1.07. The van der Waals surface area contributed by atoms with Gasteiger partial charge in [-0.25, -0.2) is 0 Å². The lowest BCUT2D eigenvalue weighted by atomic mass is 9.99. The Balaban J connectivity index is 2.49. The third kappa shape index (κ3) is 3.72. The van der Waals surface area contributed by atoms with Gasteiger partial charge in [-0.2, -0.15) is 0 Å². The van der Waals surface area contributed by atoms with Crippen molar-refractivity contribution in [3.8, 4) is 0 Å². The van der Waals surface area contributed by atoms with Crippen molar-refractivity contribution in [1.82, 2.24) is 5.32 Å². The zero-order valence-electron chi connectivity index (χ0n) is 7.82. The first-order chi connectivity index (χ1) is 6.24. The lowest BCUT2D eigenvalue weighted by Gasteiger charge is -2.07. The van der Waals surface area contributed by atoms with Gasteiger partial charge < -0.3 is 5.32 Å². The molecule has 74 valence electrons. The van der Waals surface area contributed by atoms with Crippen LogP contribution in [-0.2, 0) is 0 Å². The van der Waals surface area contributed by atoms with Gasteiger partial charge in [-0.05, 0) is 31.9 Å². The molecule has 0 saturated carbocycles. The molecule has 1 saturated heterocycles. The molecule has 1 atom stereocenters. The SMILES string of the molecule is C/C(=C\C=C(\Cl)CCl)[C@H]1CCNC1. The van der Waals surface area contributed by atoms with Crippen molar-refractivity contribution in [2.75, 3.05) is 19.0 Å². The van der Waals surface area contributed by atoms with Crippen LogP contribution in [0.5, 0.6) is 0 Å². The minimum absolute atomic E-state index is 0.397. The number of allylic oxidation sites excluding steroid dienone is 3. The van der Waals surface area contributed by atoms with Crippen LogP contribution in [0.2, 0.25) is 0 Å². The van der Waals surface area contributed by atoms with Crippen LogP contribution in [0.3, 0.4) is 0 Å². The lowest BCUT2D eigenvalue weighted by Crippen LogP contribution is -2.09. The van der Waals surface area contributed by atoms with E-state index in [1.54, 1.807) is 0 Å². The van der Waals surface area contributed by atoms with Gasteiger partial charge in [-0.15, -0.1) is 11.6 Å². The molecule has 0 spiro atoms. The first-order valence-electron chi connectivity index (χ1n) is 4.53. The fraction of sp³-hybridized carbons (Fsp3) is 0.600. The monoisotopic (exact) mass is 219 g/mol. The number of hydrogen-bond donors (Lipinski definition) is 1. The van der Waals surface area contributed by atoms with E-state index in [2.05, 4.69) is 18.3 Å². The molecule has 0 aromatic heterocycles. The number of alkyl halides is 1. The van der Waals surface area contributed by atoms with Crippen molar-refractivity contribution in [3.63, 3.8) is 0 Å². The highest BCUT2D eigenvalue weighted by molar-refractivity contribution is 6.35. The second kappa shape index (κ2) is 5.69. The standard InChI is InChI=1S/C10H15Cl2N/c1-8(2-3-10(12)6-11)9-4-5-13-7-9/h2-3,9,13H,4-7H2,1H3/b8-2+,10-3+/t9-/m0/s1. The molecule has 0 aromatic carbocycles. The van der Waals surface area contributed by atoms with Crippen LogP contribution < -0.4 is 5.32 Å². The first kappa shape index (κ1) is 11.1. The Morgan fingerprint density at radius 3 is 2.85 bits per heavy atom. The normalized spacial score (nSPS) is 25.3. The summed E-state index contributed by atoms with van der Waals surface area (Å²) in [6.45, 7) is 4.37. The summed E-state index contributed by atoms with van der Waals surface area (Å²) < 4.78 is 0. The van der Waals surface area contributed by atoms with Gasteiger partial charge in [0.1, 0.15) is 0 Å². The summed E-state index contributed by atoms with van der Waals surface area (Å²) in [4.78, 5) is 0. The van der Waals surface area contributed by atoms with Gasteiger partial charge in [0.25, 0.3) is 0 Å². The number of rotatable bonds is 3. The zero-order valence-corrected chi connectivity index (χ0v) is 9.33. The van der Waals surface area contributed by atoms with Gasteiger partial charge >= 0.3 is 0 Å². The summed E-state index contributed by atoms with van der Waals surface area (Å²) in [7, 11) is 0. The molecule has 0 aromatic rings. The van der Waals surface area contributed by atoms with E-state index in [0.29, 0.717) is 16.8 Å². The van der Waals surface area contributed by atoms with Crippen LogP contribution >= 0.6 is 23.2 Å². The van der Waals surface area contributed by atoms with Crippen molar-refractivity contribution in [3.05, 3.63) is 22.8 Å². The maximum absolute atomic E-state index is 5.78. The third-order valence-electron chi connectivity index (χ3n) is 2.36. The minimum atomic E-state index is 0.397. The highest BCUT2D eigenvalue weighted by Crippen LogP contribution is 2.18. The molecule has 1 aliphatic rings. The molecule has 0 unspecified atom stereocenters. The molecular weight excluding hydrogens is 205 g/mol. The molecule has 1 nitrogen and oxygen atoms in total. The van der Waals surface area contributed by atoms with Crippen molar-refractivity contribution < 1.29 is 0 Å². The number of hydrogen-bond acceptors (Lipinski definition) is 1. The van der Waals surface area contributed by atoms with Crippen LogP contribution in [0.4, 0.5) is 0 Å². The Morgan fingerprint density at radius 2 is 2.31 bits per heavy atom. The van der Waals surface area contributed by atoms with E-state index in [4.69, 9.17) is 23.2 Å². The van der Waals surface area contributed by atoms with Gasteiger partial charge in [0.15, 0.2) is 0 Å². The minimum Gasteiger partial charge on any atom is -0.316 e. The van der Waals surface area contributed by atoms with Gasteiger partial charge in [-0.3, -0.25) is 0 Å². The molecule has 1 aliphatic heterocycles. The maximum Gasteiger partial charge on any atom is 0.0581 e. The van der Waals surface area contributed by atoms with E-state index < -0.39 is 0 Å². The maximum atomic E-state index is 5.78. The summed E-state index contributed by atoms with van der Waals surface area (Å²) >= 11 is 11.3. The molecule has 13 heavy (non-hydrogen) atoms. The Morgan fingerprint density at radius 1 is 1.54 bits per heavy atom. The summed E-state index contributed by atoms with van der Waals surface area (Å²) in [5.41, 5.74) is 1.38. The number of nitrogens with one attached hydrogen (secondary N) is 1. The summed E-state index contributed by atoms with van der Waals surface area (Å²) in [5, 5.41) is 4.04. The molecule has 0 amide bonds. The molecule has 1 rings (SSSR count). The van der Waals surface area contributed by atoms with E-state index in [1.807, 2.05) is 6.08 Å². The first-order valence-corrected chi connectivity index (χ1v) is 5.45. The van der Waals surface area contributed by atoms with Gasteiger partial charge in [-0.1, -0.05) is 23.3 Å². The molecule has 1 heterocycles. The number of halogens is 2.